The number of carbonyl (C=O) groups excluding carboxylic acids is 1. The Morgan fingerprint density at radius 1 is 1.30 bits per heavy atom. The van der Waals surface area contributed by atoms with E-state index in [0.717, 1.165) is 31.2 Å². The van der Waals surface area contributed by atoms with Gasteiger partial charge in [0.1, 0.15) is 0 Å². The number of nitrogens with two attached hydrogens (primary N) is 1. The normalized spacial score (nSPS) is 17.4. The van der Waals surface area contributed by atoms with Gasteiger partial charge in [0, 0.05) is 23.7 Å². The van der Waals surface area contributed by atoms with Crippen molar-refractivity contribution in [1.82, 2.24) is 5.32 Å². The first-order chi connectivity index (χ1) is 9.63. The van der Waals surface area contributed by atoms with E-state index >= 15 is 0 Å². The number of hydrogen-bond acceptors (Lipinski definition) is 3. The van der Waals surface area contributed by atoms with E-state index < -0.39 is 0 Å². The van der Waals surface area contributed by atoms with Crippen molar-refractivity contribution in [2.45, 2.75) is 25.7 Å². The van der Waals surface area contributed by atoms with E-state index in [0.29, 0.717) is 12.2 Å². The van der Waals surface area contributed by atoms with Crippen molar-refractivity contribution in [2.75, 3.05) is 18.9 Å². The maximum Gasteiger partial charge on any atom is 0.244 e. The largest absolute Gasteiger partial charge is 0.399 e. The predicted molar refractivity (Wildman–Crippen MR) is 80.9 cm³/mol. The zero-order chi connectivity index (χ0) is 14.4. The summed E-state index contributed by atoms with van der Waals surface area (Å²) in [5.74, 6) is -0.124. The molecule has 0 spiro atoms. The van der Waals surface area contributed by atoms with Crippen LogP contribution in [0, 0.1) is 5.41 Å². The molecule has 4 heteroatoms. The molecular weight excluding hydrogens is 252 g/mol. The van der Waals surface area contributed by atoms with Gasteiger partial charge < -0.3 is 16.2 Å². The Morgan fingerprint density at radius 3 is 2.55 bits per heavy atom. The Balaban J connectivity index is 1.84. The van der Waals surface area contributed by atoms with Gasteiger partial charge in [0.2, 0.25) is 5.91 Å². The van der Waals surface area contributed by atoms with Crippen LogP contribution >= 0.6 is 0 Å². The fourth-order valence-electron chi connectivity index (χ4n) is 2.63. The first-order valence-electron chi connectivity index (χ1n) is 7.06. The standard InChI is InChI=1S/C16H22N2O2/c17-14-6-3-13(4-7-14)5-8-15(20)18-11-16(12-19)9-1-2-10-16/h3-8,19H,1-2,9-12,17H2,(H,18,20)/b8-5+. The molecule has 1 aliphatic carbocycles. The van der Waals surface area contributed by atoms with Crippen molar-refractivity contribution in [3.63, 3.8) is 0 Å². The van der Waals surface area contributed by atoms with Crippen LogP contribution in [-0.2, 0) is 4.79 Å². The first kappa shape index (κ1) is 14.6. The van der Waals surface area contributed by atoms with E-state index in [1.165, 1.54) is 6.08 Å². The molecule has 4 N–H and O–H groups in total. The molecule has 1 saturated carbocycles. The number of aliphatic hydroxyl groups excluding tert-OH is 1. The molecule has 0 atom stereocenters. The van der Waals surface area contributed by atoms with Crippen LogP contribution in [0.3, 0.4) is 0 Å². The molecule has 0 radical (unpaired) electrons. The second-order valence-corrected chi connectivity index (χ2v) is 5.58. The van der Waals surface area contributed by atoms with Crippen molar-refractivity contribution in [3.05, 3.63) is 35.9 Å². The molecule has 1 aromatic rings. The van der Waals surface area contributed by atoms with Crippen molar-refractivity contribution >= 4 is 17.7 Å². The summed E-state index contributed by atoms with van der Waals surface area (Å²) >= 11 is 0. The zero-order valence-electron chi connectivity index (χ0n) is 11.6. The summed E-state index contributed by atoms with van der Waals surface area (Å²) < 4.78 is 0. The second-order valence-electron chi connectivity index (χ2n) is 5.58. The zero-order valence-corrected chi connectivity index (χ0v) is 11.6. The van der Waals surface area contributed by atoms with Crippen LogP contribution < -0.4 is 11.1 Å². The molecule has 108 valence electrons. The molecule has 2 rings (SSSR count). The number of benzene rings is 1. The molecule has 0 heterocycles. The number of carbonyl (C=O) groups is 1. The van der Waals surface area contributed by atoms with Crippen LogP contribution in [0.15, 0.2) is 30.3 Å². The molecule has 0 bridgehead atoms. The van der Waals surface area contributed by atoms with Gasteiger partial charge in [-0.1, -0.05) is 25.0 Å². The average Bonchev–Trinajstić information content (AvgIpc) is 2.94. The smallest absolute Gasteiger partial charge is 0.244 e. The highest BCUT2D eigenvalue weighted by molar-refractivity contribution is 5.91. The monoisotopic (exact) mass is 274 g/mol. The van der Waals surface area contributed by atoms with Gasteiger partial charge >= 0.3 is 0 Å². The summed E-state index contributed by atoms with van der Waals surface area (Å²) in [4.78, 5) is 11.8. The molecule has 0 unspecified atom stereocenters. The van der Waals surface area contributed by atoms with E-state index in [2.05, 4.69) is 5.32 Å². The van der Waals surface area contributed by atoms with E-state index in [-0.39, 0.29) is 17.9 Å². The van der Waals surface area contributed by atoms with E-state index in [4.69, 9.17) is 5.73 Å². The second kappa shape index (κ2) is 6.57. The maximum absolute atomic E-state index is 11.8. The van der Waals surface area contributed by atoms with Gasteiger partial charge in [-0.05, 0) is 36.6 Å². The summed E-state index contributed by atoms with van der Waals surface area (Å²) in [6.45, 7) is 0.698. The third-order valence-corrected chi connectivity index (χ3v) is 4.00. The summed E-state index contributed by atoms with van der Waals surface area (Å²) in [6.07, 6.45) is 7.53. The van der Waals surface area contributed by atoms with E-state index in [1.54, 1.807) is 18.2 Å². The van der Waals surface area contributed by atoms with Gasteiger partial charge in [0.15, 0.2) is 0 Å². The van der Waals surface area contributed by atoms with Crippen LogP contribution in [0.25, 0.3) is 6.08 Å². The van der Waals surface area contributed by atoms with Crippen molar-refractivity contribution in [3.8, 4) is 0 Å². The van der Waals surface area contributed by atoms with Gasteiger partial charge in [0.25, 0.3) is 0 Å². The molecule has 1 aliphatic rings. The Kier molecular flexibility index (Phi) is 4.79. The van der Waals surface area contributed by atoms with Gasteiger partial charge in [-0.2, -0.15) is 0 Å². The number of anilines is 1. The number of nitrogen functional groups attached to an aromatic ring is 1. The predicted octanol–water partition coefficient (Wildman–Crippen LogP) is 1.95. The molecule has 4 nitrogen and oxygen atoms in total. The lowest BCUT2D eigenvalue weighted by Gasteiger charge is -2.26. The molecule has 1 amide bonds. The molecule has 0 aliphatic heterocycles. The van der Waals surface area contributed by atoms with Crippen molar-refractivity contribution in [1.29, 1.82) is 0 Å². The van der Waals surface area contributed by atoms with Gasteiger partial charge in [0.05, 0.1) is 6.61 Å². The minimum atomic E-state index is -0.124. The van der Waals surface area contributed by atoms with Crippen molar-refractivity contribution in [2.24, 2.45) is 5.41 Å². The average molecular weight is 274 g/mol. The SMILES string of the molecule is Nc1ccc(/C=C/C(=O)NCC2(CO)CCCC2)cc1. The van der Waals surface area contributed by atoms with E-state index in [9.17, 15) is 9.90 Å². The summed E-state index contributed by atoms with van der Waals surface area (Å²) in [5.41, 5.74) is 7.14. The minimum absolute atomic E-state index is 0.106. The quantitative estimate of drug-likeness (QED) is 0.567. The fraction of sp³-hybridized carbons (Fsp3) is 0.438. The molecular formula is C16H22N2O2. The van der Waals surface area contributed by atoms with Crippen LogP contribution in [0.4, 0.5) is 5.69 Å². The molecule has 1 aromatic carbocycles. The third kappa shape index (κ3) is 3.84. The van der Waals surface area contributed by atoms with Crippen LogP contribution in [0.5, 0.6) is 0 Å². The molecule has 1 fully saturated rings. The van der Waals surface area contributed by atoms with Crippen LogP contribution in [0.1, 0.15) is 31.2 Å². The number of aliphatic hydroxyl groups is 1. The highest BCUT2D eigenvalue weighted by Crippen LogP contribution is 2.36. The van der Waals surface area contributed by atoms with Gasteiger partial charge in [-0.25, -0.2) is 0 Å². The highest BCUT2D eigenvalue weighted by Gasteiger charge is 2.33. The molecule has 20 heavy (non-hydrogen) atoms. The number of rotatable bonds is 5. The first-order valence-corrected chi connectivity index (χ1v) is 7.06. The summed E-state index contributed by atoms with van der Waals surface area (Å²) in [7, 11) is 0. The molecule has 0 aromatic heterocycles. The van der Waals surface area contributed by atoms with Crippen molar-refractivity contribution < 1.29 is 9.90 Å². The maximum atomic E-state index is 11.8. The van der Waals surface area contributed by atoms with E-state index in [1.807, 2.05) is 12.1 Å². The van der Waals surface area contributed by atoms with Gasteiger partial charge in [-0.15, -0.1) is 0 Å². The van der Waals surface area contributed by atoms with Gasteiger partial charge in [-0.3, -0.25) is 4.79 Å². The Bertz CT molecular complexity index is 474. The number of hydrogen-bond donors (Lipinski definition) is 3. The Hall–Kier alpha value is -1.81. The Labute approximate surface area is 119 Å². The van der Waals surface area contributed by atoms with Crippen LogP contribution in [0.2, 0.25) is 0 Å². The fourth-order valence-corrected chi connectivity index (χ4v) is 2.63. The third-order valence-electron chi connectivity index (χ3n) is 4.00. The lowest BCUT2D eigenvalue weighted by atomic mass is 9.87. The number of nitrogens with one attached hydrogen (secondary N) is 1. The summed E-state index contributed by atoms with van der Waals surface area (Å²) in [5, 5.41) is 12.4. The minimum Gasteiger partial charge on any atom is -0.399 e. The van der Waals surface area contributed by atoms with Crippen LogP contribution in [-0.4, -0.2) is 24.2 Å². The highest BCUT2D eigenvalue weighted by atomic mass is 16.3. The summed E-state index contributed by atoms with van der Waals surface area (Å²) in [6, 6.07) is 7.34. The Morgan fingerprint density at radius 2 is 1.95 bits per heavy atom. The number of amides is 1. The molecule has 0 saturated heterocycles. The lowest BCUT2D eigenvalue weighted by molar-refractivity contribution is -0.117. The lowest BCUT2D eigenvalue weighted by Crippen LogP contribution is -2.37. The topological polar surface area (TPSA) is 75.4 Å².